The van der Waals surface area contributed by atoms with Gasteiger partial charge < -0.3 is 16.4 Å². The van der Waals surface area contributed by atoms with E-state index in [0.717, 1.165) is 11.4 Å². The number of nitrogens with two attached hydrogens (primary N) is 1. The first-order valence-electron chi connectivity index (χ1n) is 8.03. The Labute approximate surface area is 152 Å². The summed E-state index contributed by atoms with van der Waals surface area (Å²) in [6.07, 6.45) is 1.46. The summed E-state index contributed by atoms with van der Waals surface area (Å²) < 4.78 is 0. The van der Waals surface area contributed by atoms with Crippen molar-refractivity contribution in [2.75, 3.05) is 16.4 Å². The molecular weight excluding hydrogens is 334 g/mol. The average Bonchev–Trinajstić information content (AvgIpc) is 2.61. The number of halogens is 1. The van der Waals surface area contributed by atoms with E-state index < -0.39 is 0 Å². The summed E-state index contributed by atoms with van der Waals surface area (Å²) in [6.45, 7) is 4.33. The van der Waals surface area contributed by atoms with Crippen LogP contribution in [0.5, 0.6) is 0 Å². The smallest absolute Gasteiger partial charge is 0.159 e. The van der Waals surface area contributed by atoms with E-state index in [1.54, 1.807) is 6.07 Å². The van der Waals surface area contributed by atoms with Gasteiger partial charge in [0.15, 0.2) is 11.6 Å². The van der Waals surface area contributed by atoms with Crippen molar-refractivity contribution in [3.63, 3.8) is 0 Å². The molecule has 0 saturated carbocycles. The zero-order valence-electron chi connectivity index (χ0n) is 14.1. The van der Waals surface area contributed by atoms with E-state index in [-0.39, 0.29) is 0 Å². The van der Waals surface area contributed by atoms with Crippen molar-refractivity contribution < 1.29 is 0 Å². The van der Waals surface area contributed by atoms with Gasteiger partial charge >= 0.3 is 0 Å². The van der Waals surface area contributed by atoms with Crippen molar-refractivity contribution in [2.24, 2.45) is 0 Å². The minimum atomic E-state index is 0.426. The minimum absolute atomic E-state index is 0.426. The lowest BCUT2D eigenvalue weighted by atomic mass is 10.0. The summed E-state index contributed by atoms with van der Waals surface area (Å²) in [7, 11) is 0. The summed E-state index contributed by atoms with van der Waals surface area (Å²) in [5.41, 5.74) is 9.57. The van der Waals surface area contributed by atoms with Crippen LogP contribution in [0.15, 0.2) is 54.9 Å². The Hall–Kier alpha value is -2.79. The van der Waals surface area contributed by atoms with Crippen molar-refractivity contribution in [3.05, 3.63) is 65.4 Å². The Balaban J connectivity index is 1.82. The number of benzene rings is 2. The Morgan fingerprint density at radius 2 is 1.56 bits per heavy atom. The lowest BCUT2D eigenvalue weighted by molar-refractivity contribution is 0.867. The summed E-state index contributed by atoms with van der Waals surface area (Å²) in [6, 6.07) is 15.6. The Kier molecular flexibility index (Phi) is 5.05. The van der Waals surface area contributed by atoms with Crippen molar-refractivity contribution in [1.82, 2.24) is 9.97 Å². The highest BCUT2D eigenvalue weighted by molar-refractivity contribution is 6.33. The Morgan fingerprint density at radius 1 is 0.920 bits per heavy atom. The van der Waals surface area contributed by atoms with Gasteiger partial charge in [0.05, 0.1) is 10.7 Å². The van der Waals surface area contributed by atoms with Crippen molar-refractivity contribution in [3.8, 4) is 0 Å². The van der Waals surface area contributed by atoms with Crippen LogP contribution in [0.1, 0.15) is 25.3 Å². The van der Waals surface area contributed by atoms with E-state index in [1.807, 2.05) is 30.3 Å². The van der Waals surface area contributed by atoms with Gasteiger partial charge in [-0.1, -0.05) is 49.7 Å². The summed E-state index contributed by atoms with van der Waals surface area (Å²) in [5, 5.41) is 6.97. The molecule has 0 amide bonds. The second-order valence-electron chi connectivity index (χ2n) is 5.99. The maximum Gasteiger partial charge on any atom is 0.159 e. The quantitative estimate of drug-likeness (QED) is 0.578. The van der Waals surface area contributed by atoms with Crippen LogP contribution in [0.4, 0.5) is 28.7 Å². The molecule has 6 heteroatoms. The fourth-order valence-corrected chi connectivity index (χ4v) is 2.56. The van der Waals surface area contributed by atoms with Crippen LogP contribution in [-0.4, -0.2) is 9.97 Å². The molecule has 0 aliphatic carbocycles. The van der Waals surface area contributed by atoms with Crippen LogP contribution in [0, 0.1) is 0 Å². The molecular formula is C19H20ClN5. The molecule has 0 aliphatic heterocycles. The van der Waals surface area contributed by atoms with Gasteiger partial charge in [0.25, 0.3) is 0 Å². The van der Waals surface area contributed by atoms with E-state index in [2.05, 4.69) is 46.6 Å². The van der Waals surface area contributed by atoms with Crippen LogP contribution in [0.25, 0.3) is 0 Å². The SMILES string of the molecule is CC(C)c1ccc(Nc2ncnc(Nc3ccccc3Cl)c2N)cc1. The fourth-order valence-electron chi connectivity index (χ4n) is 2.37. The first kappa shape index (κ1) is 17.0. The van der Waals surface area contributed by atoms with Crippen molar-refractivity contribution in [1.29, 1.82) is 0 Å². The Bertz CT molecular complexity index is 862. The Morgan fingerprint density at radius 3 is 2.20 bits per heavy atom. The maximum atomic E-state index is 6.21. The number of hydrogen-bond acceptors (Lipinski definition) is 5. The van der Waals surface area contributed by atoms with Gasteiger partial charge in [-0.05, 0) is 35.7 Å². The molecule has 25 heavy (non-hydrogen) atoms. The third-order valence-electron chi connectivity index (χ3n) is 3.85. The van der Waals surface area contributed by atoms with Gasteiger partial charge in [-0.25, -0.2) is 9.97 Å². The predicted octanol–water partition coefficient (Wildman–Crippen LogP) is 5.32. The molecule has 1 heterocycles. The van der Waals surface area contributed by atoms with Gasteiger partial charge in [0.2, 0.25) is 0 Å². The van der Waals surface area contributed by atoms with E-state index >= 15 is 0 Å². The highest BCUT2D eigenvalue weighted by Gasteiger charge is 2.10. The molecule has 2 aromatic carbocycles. The number of nitrogen functional groups attached to an aromatic ring is 1. The molecule has 3 aromatic rings. The molecule has 0 fully saturated rings. The predicted molar refractivity (Wildman–Crippen MR) is 105 cm³/mol. The molecule has 0 unspecified atom stereocenters. The number of hydrogen-bond donors (Lipinski definition) is 3. The molecule has 0 spiro atoms. The monoisotopic (exact) mass is 353 g/mol. The van der Waals surface area contributed by atoms with Gasteiger partial charge in [0, 0.05) is 5.69 Å². The molecule has 4 N–H and O–H groups in total. The number of para-hydroxylation sites is 1. The van der Waals surface area contributed by atoms with E-state index in [4.69, 9.17) is 17.3 Å². The number of nitrogens with one attached hydrogen (secondary N) is 2. The number of nitrogens with zero attached hydrogens (tertiary/aromatic N) is 2. The van der Waals surface area contributed by atoms with Gasteiger partial charge in [-0.15, -0.1) is 0 Å². The molecule has 0 atom stereocenters. The second-order valence-corrected chi connectivity index (χ2v) is 6.40. The van der Waals surface area contributed by atoms with Crippen LogP contribution in [-0.2, 0) is 0 Å². The lowest BCUT2D eigenvalue weighted by Gasteiger charge is -2.14. The molecule has 0 bridgehead atoms. The topological polar surface area (TPSA) is 75.9 Å². The highest BCUT2D eigenvalue weighted by Crippen LogP contribution is 2.31. The van der Waals surface area contributed by atoms with E-state index in [0.29, 0.717) is 28.3 Å². The molecule has 3 rings (SSSR count). The molecule has 128 valence electrons. The minimum Gasteiger partial charge on any atom is -0.393 e. The van der Waals surface area contributed by atoms with Crippen LogP contribution < -0.4 is 16.4 Å². The normalized spacial score (nSPS) is 10.7. The third-order valence-corrected chi connectivity index (χ3v) is 4.18. The van der Waals surface area contributed by atoms with Crippen LogP contribution in [0.3, 0.4) is 0 Å². The first-order chi connectivity index (χ1) is 12.0. The van der Waals surface area contributed by atoms with Gasteiger partial charge in [-0.3, -0.25) is 0 Å². The molecule has 5 nitrogen and oxygen atoms in total. The highest BCUT2D eigenvalue weighted by atomic mass is 35.5. The summed E-state index contributed by atoms with van der Waals surface area (Å²) in [5.74, 6) is 1.54. The molecule has 0 radical (unpaired) electrons. The van der Waals surface area contributed by atoms with Gasteiger partial charge in [-0.2, -0.15) is 0 Å². The molecule has 0 aliphatic rings. The van der Waals surface area contributed by atoms with Gasteiger partial charge in [0.1, 0.15) is 12.0 Å². The van der Waals surface area contributed by atoms with Crippen LogP contribution in [0.2, 0.25) is 5.02 Å². The van der Waals surface area contributed by atoms with Crippen LogP contribution >= 0.6 is 11.6 Å². The maximum absolute atomic E-state index is 6.21. The molecule has 1 aromatic heterocycles. The largest absolute Gasteiger partial charge is 0.393 e. The van der Waals surface area contributed by atoms with Crippen molar-refractivity contribution in [2.45, 2.75) is 19.8 Å². The number of rotatable bonds is 5. The lowest BCUT2D eigenvalue weighted by Crippen LogP contribution is -2.05. The zero-order valence-corrected chi connectivity index (χ0v) is 14.9. The average molecular weight is 354 g/mol. The number of aromatic nitrogens is 2. The third kappa shape index (κ3) is 4.00. The first-order valence-corrected chi connectivity index (χ1v) is 8.41. The second kappa shape index (κ2) is 7.40. The summed E-state index contributed by atoms with van der Waals surface area (Å²) >= 11 is 6.17. The van der Waals surface area contributed by atoms with E-state index in [1.165, 1.54) is 11.9 Å². The number of anilines is 5. The standard InChI is InChI=1S/C19H20ClN5/c1-12(2)13-7-9-14(10-8-13)24-18-17(21)19(23-11-22-18)25-16-6-4-3-5-15(16)20/h3-12H,21H2,1-2H3,(H2,22,23,24,25). The van der Waals surface area contributed by atoms with Crippen molar-refractivity contribution >= 4 is 40.3 Å². The zero-order chi connectivity index (χ0) is 17.8. The molecule has 0 saturated heterocycles. The fraction of sp³-hybridized carbons (Fsp3) is 0.158. The van der Waals surface area contributed by atoms with E-state index in [9.17, 15) is 0 Å². The summed E-state index contributed by atoms with van der Waals surface area (Å²) in [4.78, 5) is 8.44.